The van der Waals surface area contributed by atoms with E-state index >= 15 is 0 Å². The summed E-state index contributed by atoms with van der Waals surface area (Å²) in [5, 5.41) is 0. The third kappa shape index (κ3) is 4.16. The van der Waals surface area contributed by atoms with Gasteiger partial charge in [-0.15, -0.1) is 0 Å². The SMILES string of the molecule is COc1ccc(COc2ncc(Oc3ccc4ncc(C)c(=O)n4c3)cn2)cc1. The monoisotopic (exact) mass is 390 g/mol. The van der Waals surface area contributed by atoms with Gasteiger partial charge in [0.25, 0.3) is 5.56 Å². The van der Waals surface area contributed by atoms with Crippen molar-refractivity contribution in [3.8, 4) is 23.3 Å². The van der Waals surface area contributed by atoms with Gasteiger partial charge in [0, 0.05) is 11.8 Å². The molecule has 0 saturated heterocycles. The van der Waals surface area contributed by atoms with Crippen molar-refractivity contribution in [2.75, 3.05) is 7.11 Å². The summed E-state index contributed by atoms with van der Waals surface area (Å²) in [7, 11) is 1.62. The zero-order valence-corrected chi connectivity index (χ0v) is 15.9. The van der Waals surface area contributed by atoms with Gasteiger partial charge in [0.05, 0.1) is 25.7 Å². The molecule has 1 aromatic carbocycles. The highest BCUT2D eigenvalue weighted by Gasteiger charge is 2.06. The van der Waals surface area contributed by atoms with Crippen LogP contribution in [0.1, 0.15) is 11.1 Å². The Morgan fingerprint density at radius 2 is 1.62 bits per heavy atom. The molecule has 146 valence electrons. The lowest BCUT2D eigenvalue weighted by Gasteiger charge is -2.08. The predicted octanol–water partition coefficient (Wildman–Crippen LogP) is 3.17. The fourth-order valence-corrected chi connectivity index (χ4v) is 2.65. The van der Waals surface area contributed by atoms with E-state index in [-0.39, 0.29) is 11.6 Å². The van der Waals surface area contributed by atoms with E-state index in [4.69, 9.17) is 14.2 Å². The molecule has 0 bridgehead atoms. The van der Waals surface area contributed by atoms with Crippen LogP contribution in [0.3, 0.4) is 0 Å². The first-order chi connectivity index (χ1) is 14.1. The number of methoxy groups -OCH3 is 1. The zero-order valence-electron chi connectivity index (χ0n) is 15.9. The minimum Gasteiger partial charge on any atom is -0.497 e. The van der Waals surface area contributed by atoms with Crippen LogP contribution in [0.5, 0.6) is 23.3 Å². The largest absolute Gasteiger partial charge is 0.497 e. The molecule has 3 aromatic heterocycles. The highest BCUT2D eigenvalue weighted by molar-refractivity contribution is 5.42. The van der Waals surface area contributed by atoms with E-state index in [9.17, 15) is 4.79 Å². The number of aryl methyl sites for hydroxylation is 1. The van der Waals surface area contributed by atoms with Crippen LogP contribution in [0, 0.1) is 6.92 Å². The van der Waals surface area contributed by atoms with Crippen molar-refractivity contribution < 1.29 is 14.2 Å². The van der Waals surface area contributed by atoms with E-state index < -0.39 is 0 Å². The van der Waals surface area contributed by atoms with Crippen LogP contribution < -0.4 is 19.8 Å². The number of hydrogen-bond acceptors (Lipinski definition) is 7. The molecule has 4 rings (SSSR count). The van der Waals surface area contributed by atoms with Crippen molar-refractivity contribution >= 4 is 5.65 Å². The van der Waals surface area contributed by atoms with Crippen molar-refractivity contribution in [3.63, 3.8) is 0 Å². The van der Waals surface area contributed by atoms with Gasteiger partial charge in [0.2, 0.25) is 0 Å². The number of rotatable bonds is 6. The van der Waals surface area contributed by atoms with Gasteiger partial charge in [-0.2, -0.15) is 9.97 Å². The molecular weight excluding hydrogens is 372 g/mol. The summed E-state index contributed by atoms with van der Waals surface area (Å²) in [6, 6.07) is 11.2. The lowest BCUT2D eigenvalue weighted by atomic mass is 10.2. The van der Waals surface area contributed by atoms with Crippen LogP contribution in [-0.2, 0) is 6.61 Å². The van der Waals surface area contributed by atoms with Crippen molar-refractivity contribution in [3.05, 3.63) is 82.7 Å². The van der Waals surface area contributed by atoms with Crippen molar-refractivity contribution in [1.29, 1.82) is 0 Å². The normalized spacial score (nSPS) is 10.7. The number of pyridine rings is 1. The number of aromatic nitrogens is 4. The standard InChI is InChI=1S/C21H18N4O4/c1-14-9-22-19-8-7-17(12-25(19)20(14)26)29-18-10-23-21(24-11-18)28-13-15-3-5-16(27-2)6-4-15/h3-12H,13H2,1-2H3. The van der Waals surface area contributed by atoms with Gasteiger partial charge in [-0.05, 0) is 36.8 Å². The Hall–Kier alpha value is -3.94. The molecule has 0 fully saturated rings. The molecule has 0 unspecified atom stereocenters. The maximum atomic E-state index is 12.2. The van der Waals surface area contributed by atoms with E-state index in [1.165, 1.54) is 16.8 Å². The van der Waals surface area contributed by atoms with E-state index in [2.05, 4.69) is 15.0 Å². The van der Waals surface area contributed by atoms with E-state index in [1.54, 1.807) is 38.6 Å². The summed E-state index contributed by atoms with van der Waals surface area (Å²) in [6.07, 6.45) is 6.16. The first-order valence-electron chi connectivity index (χ1n) is 8.86. The Morgan fingerprint density at radius 1 is 0.897 bits per heavy atom. The summed E-state index contributed by atoms with van der Waals surface area (Å²) < 4.78 is 17.9. The van der Waals surface area contributed by atoms with E-state index in [0.717, 1.165) is 11.3 Å². The van der Waals surface area contributed by atoms with Crippen LogP contribution in [-0.4, -0.2) is 26.5 Å². The third-order valence-electron chi connectivity index (χ3n) is 4.21. The first-order valence-corrected chi connectivity index (χ1v) is 8.86. The quantitative estimate of drug-likeness (QED) is 0.500. The third-order valence-corrected chi connectivity index (χ3v) is 4.21. The molecule has 29 heavy (non-hydrogen) atoms. The van der Waals surface area contributed by atoms with Crippen LogP contribution in [0.15, 0.2) is 66.0 Å². The lowest BCUT2D eigenvalue weighted by molar-refractivity contribution is 0.279. The first kappa shape index (κ1) is 18.4. The second-order valence-electron chi connectivity index (χ2n) is 6.28. The van der Waals surface area contributed by atoms with Gasteiger partial charge < -0.3 is 14.2 Å². The molecule has 0 saturated carbocycles. The van der Waals surface area contributed by atoms with Gasteiger partial charge >= 0.3 is 6.01 Å². The molecule has 0 aliphatic carbocycles. The summed E-state index contributed by atoms with van der Waals surface area (Å²) >= 11 is 0. The number of ether oxygens (including phenoxy) is 3. The second-order valence-corrected chi connectivity index (χ2v) is 6.28. The van der Waals surface area contributed by atoms with E-state index in [1.807, 2.05) is 24.3 Å². The van der Waals surface area contributed by atoms with E-state index in [0.29, 0.717) is 29.3 Å². The minimum atomic E-state index is -0.140. The second kappa shape index (κ2) is 7.97. The van der Waals surface area contributed by atoms with Gasteiger partial charge in [-0.3, -0.25) is 9.20 Å². The van der Waals surface area contributed by atoms with Gasteiger partial charge in [-0.1, -0.05) is 12.1 Å². The van der Waals surface area contributed by atoms with Gasteiger partial charge in [0.1, 0.15) is 23.8 Å². The average Bonchev–Trinajstić information content (AvgIpc) is 2.76. The maximum Gasteiger partial charge on any atom is 0.316 e. The topological polar surface area (TPSA) is 87.8 Å². The Kier molecular flexibility index (Phi) is 5.07. The molecule has 0 atom stereocenters. The summed E-state index contributed by atoms with van der Waals surface area (Å²) in [5.74, 6) is 1.69. The lowest BCUT2D eigenvalue weighted by Crippen LogP contribution is -2.16. The summed E-state index contributed by atoms with van der Waals surface area (Å²) in [6.45, 7) is 2.05. The maximum absolute atomic E-state index is 12.2. The van der Waals surface area contributed by atoms with Crippen LogP contribution in [0.2, 0.25) is 0 Å². The van der Waals surface area contributed by atoms with Crippen molar-refractivity contribution in [2.45, 2.75) is 13.5 Å². The number of benzene rings is 1. The van der Waals surface area contributed by atoms with Crippen molar-refractivity contribution in [2.24, 2.45) is 0 Å². The molecule has 3 heterocycles. The number of nitrogens with zero attached hydrogens (tertiary/aromatic N) is 4. The van der Waals surface area contributed by atoms with Crippen molar-refractivity contribution in [1.82, 2.24) is 19.4 Å². The molecule has 0 radical (unpaired) electrons. The summed E-state index contributed by atoms with van der Waals surface area (Å²) in [4.78, 5) is 24.7. The van der Waals surface area contributed by atoms with Crippen LogP contribution >= 0.6 is 0 Å². The molecule has 4 aromatic rings. The molecule has 0 aliphatic rings. The number of fused-ring (bicyclic) bond motifs is 1. The van der Waals surface area contributed by atoms with Crippen LogP contribution in [0.4, 0.5) is 0 Å². The average molecular weight is 390 g/mol. The smallest absolute Gasteiger partial charge is 0.316 e. The predicted molar refractivity (Wildman–Crippen MR) is 106 cm³/mol. The Morgan fingerprint density at radius 3 is 2.34 bits per heavy atom. The molecule has 0 N–H and O–H groups in total. The minimum absolute atomic E-state index is 0.140. The number of hydrogen-bond donors (Lipinski definition) is 0. The molecule has 8 heteroatoms. The summed E-state index contributed by atoms with van der Waals surface area (Å²) in [5.41, 5.74) is 1.94. The Labute approximate surface area is 166 Å². The van der Waals surface area contributed by atoms with Gasteiger partial charge in [-0.25, -0.2) is 4.98 Å². The van der Waals surface area contributed by atoms with Crippen LogP contribution in [0.25, 0.3) is 5.65 Å². The Bertz CT molecular complexity index is 1190. The van der Waals surface area contributed by atoms with Gasteiger partial charge in [0.15, 0.2) is 5.75 Å². The Balaban J connectivity index is 1.43. The molecule has 8 nitrogen and oxygen atoms in total. The fourth-order valence-electron chi connectivity index (χ4n) is 2.65. The molecule has 0 aliphatic heterocycles. The molecule has 0 spiro atoms. The molecule has 0 amide bonds. The highest BCUT2D eigenvalue weighted by Crippen LogP contribution is 2.21. The highest BCUT2D eigenvalue weighted by atomic mass is 16.5. The zero-order chi connectivity index (χ0) is 20.2. The molecular formula is C21H18N4O4. The fraction of sp³-hybridized carbons (Fsp3) is 0.143.